The van der Waals surface area contributed by atoms with E-state index in [2.05, 4.69) is 25.9 Å². The summed E-state index contributed by atoms with van der Waals surface area (Å²) in [6.07, 6.45) is 2.73. The molecular formula is C28H31FN6O6. The van der Waals surface area contributed by atoms with Crippen molar-refractivity contribution in [2.45, 2.75) is 24.9 Å². The third-order valence-electron chi connectivity index (χ3n) is 6.30. The monoisotopic (exact) mass is 566 g/mol. The fourth-order valence-electron chi connectivity index (χ4n) is 4.15. The van der Waals surface area contributed by atoms with E-state index >= 15 is 0 Å². The van der Waals surface area contributed by atoms with Crippen LogP contribution in [0.3, 0.4) is 0 Å². The fraction of sp³-hybridized carbons (Fsp3) is 0.321. The van der Waals surface area contributed by atoms with Crippen molar-refractivity contribution in [3.63, 3.8) is 0 Å². The van der Waals surface area contributed by atoms with Gasteiger partial charge in [0.05, 0.1) is 31.4 Å². The Morgan fingerprint density at radius 2 is 1.93 bits per heavy atom. The van der Waals surface area contributed by atoms with Crippen molar-refractivity contribution in [3.8, 4) is 11.5 Å². The molecule has 0 saturated carbocycles. The van der Waals surface area contributed by atoms with Gasteiger partial charge in [0, 0.05) is 25.4 Å². The minimum atomic E-state index is -1.27. The highest BCUT2D eigenvalue weighted by Gasteiger charge is 2.30. The van der Waals surface area contributed by atoms with Gasteiger partial charge in [0.2, 0.25) is 17.7 Å². The maximum absolute atomic E-state index is 13.2. The lowest BCUT2D eigenvalue weighted by atomic mass is 10.1. The zero-order chi connectivity index (χ0) is 29.2. The molecule has 0 bridgehead atoms. The smallest absolute Gasteiger partial charge is 0.255 e. The number of imidazole rings is 1. The van der Waals surface area contributed by atoms with Gasteiger partial charge in [-0.1, -0.05) is 12.1 Å². The van der Waals surface area contributed by atoms with Gasteiger partial charge in [-0.05, 0) is 36.4 Å². The van der Waals surface area contributed by atoms with Crippen LogP contribution in [-0.2, 0) is 20.8 Å². The Morgan fingerprint density at radius 3 is 2.68 bits per heavy atom. The Kier molecular flexibility index (Phi) is 9.86. The number of amides is 4. The number of hydrogen-bond acceptors (Lipinski definition) is 7. The average molecular weight is 567 g/mol. The summed E-state index contributed by atoms with van der Waals surface area (Å²) >= 11 is 0. The molecule has 216 valence electrons. The lowest BCUT2D eigenvalue weighted by molar-refractivity contribution is -0.136. The van der Waals surface area contributed by atoms with Crippen molar-refractivity contribution in [2.75, 3.05) is 33.4 Å². The van der Waals surface area contributed by atoms with Crippen LogP contribution in [0.25, 0.3) is 0 Å². The van der Waals surface area contributed by atoms with Crippen LogP contribution >= 0.6 is 0 Å². The number of hydrogen-bond donors (Lipinski definition) is 4. The molecule has 2 aromatic carbocycles. The van der Waals surface area contributed by atoms with Crippen LogP contribution in [0.1, 0.15) is 22.5 Å². The van der Waals surface area contributed by atoms with E-state index in [0.717, 1.165) is 0 Å². The van der Waals surface area contributed by atoms with E-state index in [0.29, 0.717) is 11.4 Å². The number of carbonyl (C=O) groups is 4. The van der Waals surface area contributed by atoms with E-state index < -0.39 is 42.0 Å². The number of aromatic nitrogens is 2. The van der Waals surface area contributed by atoms with Gasteiger partial charge in [-0.15, -0.1) is 0 Å². The predicted molar refractivity (Wildman–Crippen MR) is 145 cm³/mol. The van der Waals surface area contributed by atoms with E-state index in [4.69, 9.17) is 9.47 Å². The van der Waals surface area contributed by atoms with Crippen molar-refractivity contribution >= 4 is 23.6 Å². The molecular weight excluding hydrogens is 535 g/mol. The van der Waals surface area contributed by atoms with Crippen molar-refractivity contribution in [2.24, 2.45) is 0 Å². The molecule has 4 amide bonds. The van der Waals surface area contributed by atoms with Crippen molar-refractivity contribution in [1.82, 2.24) is 30.8 Å². The molecule has 0 radical (unpaired) electrons. The van der Waals surface area contributed by atoms with Gasteiger partial charge in [0.15, 0.2) is 0 Å². The Hall–Kier alpha value is -4.94. The van der Waals surface area contributed by atoms with Gasteiger partial charge >= 0.3 is 0 Å². The number of carbonyl (C=O) groups excluding carboxylic acids is 4. The first kappa shape index (κ1) is 29.1. The first-order chi connectivity index (χ1) is 19.8. The summed E-state index contributed by atoms with van der Waals surface area (Å²) in [5.41, 5.74) is 0.806. The normalized spacial score (nSPS) is 18.3. The minimum Gasteiger partial charge on any atom is -0.492 e. The number of aromatic amines is 1. The van der Waals surface area contributed by atoms with Crippen LogP contribution in [-0.4, -0.2) is 83.9 Å². The molecule has 4 N–H and O–H groups in total. The maximum Gasteiger partial charge on any atom is 0.255 e. The summed E-state index contributed by atoms with van der Waals surface area (Å²) in [6, 6.07) is 9.68. The summed E-state index contributed by atoms with van der Waals surface area (Å²) in [6.45, 7) is 0.411. The summed E-state index contributed by atoms with van der Waals surface area (Å²) in [4.78, 5) is 61.0. The number of nitrogens with one attached hydrogen (secondary N) is 4. The molecule has 0 unspecified atom stereocenters. The SMILES string of the molecule is CN1CCOc2ccccc2C(=O)N[C@H](C(=O)NCCOc2ccc(F)cc2)CC(=O)N[C@@H](Cc2cnc[nH]2)C1=O. The highest BCUT2D eigenvalue weighted by atomic mass is 19.1. The highest BCUT2D eigenvalue weighted by Crippen LogP contribution is 2.19. The van der Waals surface area contributed by atoms with Crippen molar-refractivity contribution in [1.29, 1.82) is 0 Å². The van der Waals surface area contributed by atoms with Crippen LogP contribution in [0.4, 0.5) is 4.39 Å². The molecule has 41 heavy (non-hydrogen) atoms. The maximum atomic E-state index is 13.2. The lowest BCUT2D eigenvalue weighted by Gasteiger charge is -2.26. The number of benzene rings is 2. The molecule has 4 rings (SSSR count). The fourth-order valence-corrected chi connectivity index (χ4v) is 4.15. The number of halogens is 1. The van der Waals surface area contributed by atoms with Gasteiger partial charge < -0.3 is 35.3 Å². The molecule has 1 aliphatic heterocycles. The standard InChI is InChI=1S/C28H31FN6O6/c1-35-11-13-41-24-5-3-2-4-21(24)26(37)34-22(27(38)31-10-12-40-20-8-6-18(29)7-9-20)15-25(36)33-23(28(35)39)14-19-16-30-17-32-19/h2-9,16-17,22-23H,10-15H2,1H3,(H,30,32)(H,31,38)(H,33,36)(H,34,37)/t22-,23-/m0/s1. The Balaban J connectivity index is 1.50. The van der Waals surface area contributed by atoms with Gasteiger partial charge in [0.25, 0.3) is 5.91 Å². The van der Waals surface area contributed by atoms with E-state index in [1.807, 2.05) is 0 Å². The second kappa shape index (κ2) is 13.9. The third kappa shape index (κ3) is 8.27. The zero-order valence-corrected chi connectivity index (χ0v) is 22.4. The summed E-state index contributed by atoms with van der Waals surface area (Å²) < 4.78 is 24.4. The van der Waals surface area contributed by atoms with Gasteiger partial charge in [0.1, 0.15) is 42.6 Å². The molecule has 2 atom stereocenters. The Labute approximate surface area is 235 Å². The lowest BCUT2D eigenvalue weighted by Crippen LogP contribution is -2.53. The third-order valence-corrected chi connectivity index (χ3v) is 6.30. The molecule has 13 heteroatoms. The topological polar surface area (TPSA) is 155 Å². The average Bonchev–Trinajstić information content (AvgIpc) is 3.48. The Bertz CT molecular complexity index is 1350. The molecule has 2 heterocycles. The van der Waals surface area contributed by atoms with E-state index in [1.165, 1.54) is 41.6 Å². The summed E-state index contributed by atoms with van der Waals surface area (Å²) in [7, 11) is 1.59. The van der Waals surface area contributed by atoms with E-state index in [1.54, 1.807) is 31.4 Å². The highest BCUT2D eigenvalue weighted by molar-refractivity contribution is 6.01. The van der Waals surface area contributed by atoms with Gasteiger partial charge in [-0.2, -0.15) is 0 Å². The van der Waals surface area contributed by atoms with Gasteiger partial charge in [-0.3, -0.25) is 19.2 Å². The Morgan fingerprint density at radius 1 is 1.15 bits per heavy atom. The second-order valence-electron chi connectivity index (χ2n) is 9.33. The van der Waals surface area contributed by atoms with E-state index in [-0.39, 0.29) is 49.9 Å². The predicted octanol–water partition coefficient (Wildman–Crippen LogP) is 0.811. The molecule has 0 spiro atoms. The number of H-pyrrole nitrogens is 1. The second-order valence-corrected chi connectivity index (χ2v) is 9.33. The zero-order valence-electron chi connectivity index (χ0n) is 22.4. The largest absolute Gasteiger partial charge is 0.492 e. The number of rotatable bonds is 7. The molecule has 1 aliphatic rings. The van der Waals surface area contributed by atoms with Crippen molar-refractivity contribution < 1.29 is 33.0 Å². The molecule has 0 aliphatic carbocycles. The minimum absolute atomic E-state index is 0.0512. The molecule has 0 fully saturated rings. The summed E-state index contributed by atoms with van der Waals surface area (Å²) in [5.74, 6) is -1.91. The molecule has 0 saturated heterocycles. The van der Waals surface area contributed by atoms with E-state index in [9.17, 15) is 23.6 Å². The number of fused-ring (bicyclic) bond motifs is 1. The van der Waals surface area contributed by atoms with Crippen LogP contribution in [0.2, 0.25) is 0 Å². The number of likely N-dealkylation sites (N-methyl/N-ethyl adjacent to an activating group) is 1. The van der Waals surface area contributed by atoms with Crippen LogP contribution < -0.4 is 25.4 Å². The first-order valence-corrected chi connectivity index (χ1v) is 13.0. The number of para-hydroxylation sites is 1. The molecule has 12 nitrogen and oxygen atoms in total. The van der Waals surface area contributed by atoms with Crippen LogP contribution in [0.15, 0.2) is 61.1 Å². The first-order valence-electron chi connectivity index (χ1n) is 13.0. The molecule has 3 aromatic rings. The number of nitrogens with zero attached hydrogens (tertiary/aromatic N) is 2. The van der Waals surface area contributed by atoms with Crippen molar-refractivity contribution in [3.05, 3.63) is 78.1 Å². The quantitative estimate of drug-likeness (QED) is 0.309. The number of ether oxygens (including phenoxy) is 2. The van der Waals surface area contributed by atoms with Crippen LogP contribution in [0, 0.1) is 5.82 Å². The summed E-state index contributed by atoms with van der Waals surface area (Å²) in [5, 5.41) is 7.96. The molecule has 1 aromatic heterocycles. The van der Waals surface area contributed by atoms with Crippen LogP contribution in [0.5, 0.6) is 11.5 Å². The van der Waals surface area contributed by atoms with Gasteiger partial charge in [-0.25, -0.2) is 9.37 Å².